The number of benzene rings is 1. The van der Waals surface area contributed by atoms with Crippen LogP contribution in [0.1, 0.15) is 5.69 Å². The van der Waals surface area contributed by atoms with Crippen molar-refractivity contribution in [2.45, 2.75) is 6.54 Å². The van der Waals surface area contributed by atoms with Crippen LogP contribution in [0.3, 0.4) is 0 Å². The first kappa shape index (κ1) is 12.3. The van der Waals surface area contributed by atoms with E-state index in [0.29, 0.717) is 0 Å². The van der Waals surface area contributed by atoms with Gasteiger partial charge >= 0.3 is 0 Å². The molecular weight excluding hydrogens is 240 g/mol. The van der Waals surface area contributed by atoms with Crippen LogP contribution >= 0.6 is 0 Å². The number of rotatable bonds is 4. The minimum Gasteiger partial charge on any atom is -0.379 e. The number of hydrazine groups is 1. The fourth-order valence-electron chi connectivity index (χ4n) is 2.09. The van der Waals surface area contributed by atoms with Crippen molar-refractivity contribution in [1.82, 2.24) is 20.2 Å². The third-order valence-corrected chi connectivity index (χ3v) is 3.16. The molecule has 1 saturated heterocycles. The molecule has 100 valence electrons. The van der Waals surface area contributed by atoms with Crippen molar-refractivity contribution in [2.24, 2.45) is 0 Å². The van der Waals surface area contributed by atoms with E-state index in [4.69, 9.17) is 4.74 Å². The van der Waals surface area contributed by atoms with Crippen LogP contribution in [0.5, 0.6) is 0 Å². The largest absolute Gasteiger partial charge is 0.379 e. The Kier molecular flexibility index (Phi) is 3.88. The number of hydrogen-bond acceptors (Lipinski definition) is 4. The highest BCUT2D eigenvalue weighted by atomic mass is 16.5. The normalized spacial score (nSPS) is 16.6. The highest BCUT2D eigenvalue weighted by Gasteiger charge is 2.10. The number of nitrogens with one attached hydrogen (secondary N) is 1. The van der Waals surface area contributed by atoms with Crippen LogP contribution in [0, 0.1) is 0 Å². The van der Waals surface area contributed by atoms with Crippen molar-refractivity contribution in [2.75, 3.05) is 26.3 Å². The molecule has 0 saturated carbocycles. The summed E-state index contributed by atoms with van der Waals surface area (Å²) in [4.78, 5) is 0. The van der Waals surface area contributed by atoms with Gasteiger partial charge in [0.05, 0.1) is 31.1 Å². The average molecular weight is 258 g/mol. The highest BCUT2D eigenvalue weighted by Crippen LogP contribution is 2.06. The number of para-hydroxylation sites is 1. The van der Waals surface area contributed by atoms with Gasteiger partial charge in [-0.25, -0.2) is 15.1 Å². The topological polar surface area (TPSA) is 42.3 Å². The number of hydrogen-bond donors (Lipinski definition) is 1. The smallest absolute Gasteiger partial charge is 0.0781 e. The zero-order valence-corrected chi connectivity index (χ0v) is 10.8. The first-order valence-electron chi connectivity index (χ1n) is 6.58. The van der Waals surface area contributed by atoms with E-state index in [1.165, 1.54) is 0 Å². The van der Waals surface area contributed by atoms with E-state index in [2.05, 4.69) is 15.5 Å². The molecule has 0 amide bonds. The van der Waals surface area contributed by atoms with Gasteiger partial charge in [0.2, 0.25) is 0 Å². The summed E-state index contributed by atoms with van der Waals surface area (Å²) >= 11 is 0. The zero-order valence-electron chi connectivity index (χ0n) is 10.8. The molecule has 5 heteroatoms. The second-order valence-corrected chi connectivity index (χ2v) is 4.52. The van der Waals surface area contributed by atoms with Crippen LogP contribution in [-0.2, 0) is 11.3 Å². The van der Waals surface area contributed by atoms with Crippen molar-refractivity contribution < 1.29 is 4.74 Å². The van der Waals surface area contributed by atoms with Gasteiger partial charge in [0.25, 0.3) is 0 Å². The average Bonchev–Trinajstić information content (AvgIpc) is 2.96. The van der Waals surface area contributed by atoms with Gasteiger partial charge in [0.15, 0.2) is 0 Å². The SMILES string of the molecule is c1ccc(-n2ccc(CNN3CCOCC3)n2)cc1. The van der Waals surface area contributed by atoms with Crippen LogP contribution < -0.4 is 5.43 Å². The van der Waals surface area contributed by atoms with Crippen molar-refractivity contribution in [3.63, 3.8) is 0 Å². The second-order valence-electron chi connectivity index (χ2n) is 4.52. The van der Waals surface area contributed by atoms with E-state index < -0.39 is 0 Å². The molecule has 0 radical (unpaired) electrons. The fraction of sp³-hybridized carbons (Fsp3) is 0.357. The highest BCUT2D eigenvalue weighted by molar-refractivity contribution is 5.30. The molecule has 3 rings (SSSR count). The van der Waals surface area contributed by atoms with Crippen LogP contribution in [-0.4, -0.2) is 41.1 Å². The lowest BCUT2D eigenvalue weighted by atomic mass is 10.3. The lowest BCUT2D eigenvalue weighted by Crippen LogP contribution is -2.45. The van der Waals surface area contributed by atoms with Crippen molar-refractivity contribution in [1.29, 1.82) is 0 Å². The first-order valence-corrected chi connectivity index (χ1v) is 6.58. The maximum Gasteiger partial charge on any atom is 0.0781 e. The molecule has 5 nitrogen and oxygen atoms in total. The van der Waals surface area contributed by atoms with E-state index in [1.54, 1.807) is 0 Å². The fourth-order valence-corrected chi connectivity index (χ4v) is 2.09. The van der Waals surface area contributed by atoms with E-state index in [0.717, 1.165) is 44.2 Å². The first-order chi connectivity index (χ1) is 9.42. The maximum atomic E-state index is 5.31. The Morgan fingerprint density at radius 3 is 2.68 bits per heavy atom. The molecule has 2 heterocycles. The van der Waals surface area contributed by atoms with Gasteiger partial charge in [-0.3, -0.25) is 0 Å². The van der Waals surface area contributed by atoms with Crippen LogP contribution in [0.25, 0.3) is 5.69 Å². The molecule has 1 aromatic carbocycles. The van der Waals surface area contributed by atoms with Gasteiger partial charge < -0.3 is 4.74 Å². The summed E-state index contributed by atoms with van der Waals surface area (Å²) in [6.07, 6.45) is 1.99. The number of aromatic nitrogens is 2. The van der Waals surface area contributed by atoms with Gasteiger partial charge in [-0.2, -0.15) is 5.10 Å². The Balaban J connectivity index is 1.59. The third kappa shape index (κ3) is 3.20. The molecular formula is C14H18N4O. The van der Waals surface area contributed by atoms with Crippen LogP contribution in [0.4, 0.5) is 0 Å². The standard InChI is InChI=1S/C14H18N4O/c1-2-4-14(5-3-1)18-7-6-13(16-18)12-15-17-8-10-19-11-9-17/h1-7,15H,8-12H2. The predicted octanol–water partition coefficient (Wildman–Crippen LogP) is 1.21. The number of nitrogens with zero attached hydrogens (tertiary/aromatic N) is 3. The summed E-state index contributed by atoms with van der Waals surface area (Å²) in [6.45, 7) is 4.20. The van der Waals surface area contributed by atoms with E-state index in [9.17, 15) is 0 Å². The molecule has 19 heavy (non-hydrogen) atoms. The summed E-state index contributed by atoms with van der Waals surface area (Å²) in [5.41, 5.74) is 5.50. The minimum absolute atomic E-state index is 0.750. The Morgan fingerprint density at radius 1 is 1.11 bits per heavy atom. The summed E-state index contributed by atoms with van der Waals surface area (Å²) in [7, 11) is 0. The number of ether oxygens (including phenoxy) is 1. The zero-order chi connectivity index (χ0) is 12.9. The van der Waals surface area contributed by atoms with Gasteiger partial charge in [0.1, 0.15) is 0 Å². The van der Waals surface area contributed by atoms with Crippen LogP contribution in [0.15, 0.2) is 42.6 Å². The molecule has 1 aromatic heterocycles. The molecule has 0 bridgehead atoms. The molecule has 0 atom stereocenters. The predicted molar refractivity (Wildman–Crippen MR) is 72.8 cm³/mol. The van der Waals surface area contributed by atoms with Gasteiger partial charge in [-0.15, -0.1) is 0 Å². The van der Waals surface area contributed by atoms with Crippen molar-refractivity contribution in [3.8, 4) is 5.69 Å². The molecule has 1 aliphatic rings. The molecule has 0 aliphatic carbocycles. The third-order valence-electron chi connectivity index (χ3n) is 3.16. The minimum atomic E-state index is 0.750. The van der Waals surface area contributed by atoms with Crippen LogP contribution in [0.2, 0.25) is 0 Å². The summed E-state index contributed by atoms with van der Waals surface area (Å²) in [5.74, 6) is 0. The monoisotopic (exact) mass is 258 g/mol. The lowest BCUT2D eigenvalue weighted by molar-refractivity contribution is 0.0103. The van der Waals surface area contributed by atoms with E-state index >= 15 is 0 Å². The second kappa shape index (κ2) is 5.97. The van der Waals surface area contributed by atoms with Crippen molar-refractivity contribution in [3.05, 3.63) is 48.3 Å². The Labute approximate surface area is 112 Å². The quantitative estimate of drug-likeness (QED) is 0.895. The lowest BCUT2D eigenvalue weighted by Gasteiger charge is -2.26. The molecule has 1 fully saturated rings. The number of morpholine rings is 1. The maximum absolute atomic E-state index is 5.31. The van der Waals surface area contributed by atoms with Gasteiger partial charge in [0, 0.05) is 19.3 Å². The molecule has 2 aromatic rings. The Hall–Kier alpha value is -1.69. The van der Waals surface area contributed by atoms with Gasteiger partial charge in [-0.1, -0.05) is 18.2 Å². The van der Waals surface area contributed by atoms with E-state index in [1.807, 2.05) is 47.3 Å². The molecule has 0 spiro atoms. The Bertz CT molecular complexity index is 505. The summed E-state index contributed by atoms with van der Waals surface area (Å²) < 4.78 is 7.21. The summed E-state index contributed by atoms with van der Waals surface area (Å²) in [6, 6.07) is 12.2. The summed E-state index contributed by atoms with van der Waals surface area (Å²) in [5, 5.41) is 6.75. The molecule has 1 N–H and O–H groups in total. The van der Waals surface area contributed by atoms with Gasteiger partial charge in [-0.05, 0) is 18.2 Å². The van der Waals surface area contributed by atoms with E-state index in [-0.39, 0.29) is 0 Å². The Morgan fingerprint density at radius 2 is 1.89 bits per heavy atom. The van der Waals surface area contributed by atoms with Crippen molar-refractivity contribution >= 4 is 0 Å². The molecule has 0 unspecified atom stereocenters. The molecule has 1 aliphatic heterocycles.